The molecule has 0 saturated carbocycles. The molecule has 1 aromatic carbocycles. The van der Waals surface area contributed by atoms with Gasteiger partial charge in [0.1, 0.15) is 5.75 Å². The Morgan fingerprint density at radius 1 is 1.12 bits per heavy atom. The van der Waals surface area contributed by atoms with Crippen molar-refractivity contribution in [2.75, 3.05) is 7.11 Å². The monoisotopic (exact) mass is 253 g/mol. The van der Waals surface area contributed by atoms with Crippen molar-refractivity contribution in [1.82, 2.24) is 4.98 Å². The molecule has 2 rings (SSSR count). The van der Waals surface area contributed by atoms with E-state index in [-0.39, 0.29) is 0 Å². The van der Waals surface area contributed by atoms with Crippen LogP contribution < -0.4 is 4.74 Å². The second kappa shape index (κ2) is 4.73. The van der Waals surface area contributed by atoms with Gasteiger partial charge in [0.25, 0.3) is 0 Å². The number of hydrogen-bond donors (Lipinski definition) is 0. The molecule has 0 amide bonds. The highest BCUT2D eigenvalue weighted by Gasteiger charge is 2.09. The molecule has 0 aliphatic rings. The van der Waals surface area contributed by atoms with Crippen LogP contribution >= 0.6 is 23.2 Å². The maximum absolute atomic E-state index is 6.09. The van der Waals surface area contributed by atoms with Crippen LogP contribution in [0, 0.1) is 0 Å². The molecule has 0 radical (unpaired) electrons. The van der Waals surface area contributed by atoms with E-state index in [9.17, 15) is 0 Å². The lowest BCUT2D eigenvalue weighted by atomic mass is 10.1. The number of halogens is 2. The van der Waals surface area contributed by atoms with Crippen LogP contribution in [0.4, 0.5) is 0 Å². The van der Waals surface area contributed by atoms with Gasteiger partial charge in [-0.05, 0) is 18.2 Å². The molecule has 0 saturated heterocycles. The molecule has 0 N–H and O–H groups in total. The lowest BCUT2D eigenvalue weighted by Crippen LogP contribution is -1.88. The Morgan fingerprint density at radius 3 is 2.44 bits per heavy atom. The fraction of sp³-hybridized carbons (Fsp3) is 0.0833. The first kappa shape index (κ1) is 11.2. The minimum Gasteiger partial charge on any atom is -0.497 e. The molecule has 16 heavy (non-hydrogen) atoms. The van der Waals surface area contributed by atoms with Crippen LogP contribution in [0.5, 0.6) is 5.75 Å². The molecule has 1 heterocycles. The Hall–Kier alpha value is -1.25. The molecule has 1 aromatic heterocycles. The predicted octanol–water partition coefficient (Wildman–Crippen LogP) is 4.06. The number of methoxy groups -OCH3 is 1. The van der Waals surface area contributed by atoms with Crippen LogP contribution in [0.25, 0.3) is 11.3 Å². The molecular formula is C12H9Cl2NO. The molecular weight excluding hydrogens is 245 g/mol. The van der Waals surface area contributed by atoms with Crippen molar-refractivity contribution in [2.45, 2.75) is 0 Å². The van der Waals surface area contributed by atoms with Gasteiger partial charge in [-0.15, -0.1) is 0 Å². The molecule has 4 heteroatoms. The summed E-state index contributed by atoms with van der Waals surface area (Å²) in [5.74, 6) is 0.723. The molecule has 0 atom stereocenters. The summed E-state index contributed by atoms with van der Waals surface area (Å²) in [6, 6.07) is 8.93. The van der Waals surface area contributed by atoms with Crippen molar-refractivity contribution in [3.05, 3.63) is 46.6 Å². The summed E-state index contributed by atoms with van der Waals surface area (Å²) in [6.07, 6.45) is 1.66. The van der Waals surface area contributed by atoms with E-state index >= 15 is 0 Å². The van der Waals surface area contributed by atoms with Crippen molar-refractivity contribution >= 4 is 23.2 Å². The average Bonchev–Trinajstić information content (AvgIpc) is 2.29. The number of nitrogens with zero attached hydrogens (tertiary/aromatic N) is 1. The third-order valence-electron chi connectivity index (χ3n) is 2.19. The van der Waals surface area contributed by atoms with Gasteiger partial charge in [0.2, 0.25) is 0 Å². The Labute approximate surface area is 104 Å². The molecule has 0 aliphatic heterocycles. The maximum Gasteiger partial charge on any atom is 0.122 e. The minimum atomic E-state index is 0.577. The molecule has 0 aliphatic carbocycles. The Balaban J connectivity index is 2.58. The van der Waals surface area contributed by atoms with Crippen molar-refractivity contribution < 1.29 is 4.74 Å². The van der Waals surface area contributed by atoms with Crippen LogP contribution in [-0.2, 0) is 0 Å². The lowest BCUT2D eigenvalue weighted by Gasteiger charge is -2.07. The van der Waals surface area contributed by atoms with Gasteiger partial charge < -0.3 is 4.74 Å². The van der Waals surface area contributed by atoms with E-state index in [1.807, 2.05) is 0 Å². The van der Waals surface area contributed by atoms with Gasteiger partial charge in [0.05, 0.1) is 22.8 Å². The highest BCUT2D eigenvalue weighted by molar-refractivity contribution is 6.39. The van der Waals surface area contributed by atoms with E-state index in [0.717, 1.165) is 11.3 Å². The topological polar surface area (TPSA) is 22.1 Å². The molecule has 0 spiro atoms. The van der Waals surface area contributed by atoms with Crippen LogP contribution in [0.1, 0.15) is 0 Å². The van der Waals surface area contributed by atoms with Crippen LogP contribution in [0.15, 0.2) is 36.5 Å². The summed E-state index contributed by atoms with van der Waals surface area (Å²) in [7, 11) is 1.60. The molecule has 0 fully saturated rings. The first-order chi connectivity index (χ1) is 7.72. The molecule has 2 nitrogen and oxygen atoms in total. The predicted molar refractivity (Wildman–Crippen MR) is 66.2 cm³/mol. The quantitative estimate of drug-likeness (QED) is 0.806. The fourth-order valence-corrected chi connectivity index (χ4v) is 2.01. The summed E-state index contributed by atoms with van der Waals surface area (Å²) >= 11 is 12.2. The van der Waals surface area contributed by atoms with Gasteiger partial charge in [-0.25, -0.2) is 0 Å². The second-order valence-electron chi connectivity index (χ2n) is 3.18. The van der Waals surface area contributed by atoms with Crippen molar-refractivity contribution in [3.63, 3.8) is 0 Å². The van der Waals surface area contributed by atoms with Gasteiger partial charge in [0.15, 0.2) is 0 Å². The van der Waals surface area contributed by atoms with Crippen LogP contribution in [-0.4, -0.2) is 12.1 Å². The van der Waals surface area contributed by atoms with Crippen LogP contribution in [0.3, 0.4) is 0 Å². The largest absolute Gasteiger partial charge is 0.497 e. The van der Waals surface area contributed by atoms with Gasteiger partial charge in [-0.3, -0.25) is 4.98 Å². The summed E-state index contributed by atoms with van der Waals surface area (Å²) in [5, 5.41) is 1.15. The van der Waals surface area contributed by atoms with E-state index in [4.69, 9.17) is 27.9 Å². The van der Waals surface area contributed by atoms with E-state index in [0.29, 0.717) is 15.7 Å². The Morgan fingerprint density at radius 2 is 1.81 bits per heavy atom. The summed E-state index contributed by atoms with van der Waals surface area (Å²) in [5.41, 5.74) is 1.43. The second-order valence-corrected chi connectivity index (χ2v) is 3.99. The van der Waals surface area contributed by atoms with Gasteiger partial charge in [0, 0.05) is 17.8 Å². The number of rotatable bonds is 2. The number of benzene rings is 1. The standard InChI is InChI=1S/C12H9Cl2NO/c1-16-8-5-6-15-11(7-8)12-9(13)3-2-4-10(12)14/h2-7H,1H3. The first-order valence-electron chi connectivity index (χ1n) is 4.67. The molecule has 0 unspecified atom stereocenters. The van der Waals surface area contributed by atoms with Crippen LogP contribution in [0.2, 0.25) is 10.0 Å². The Kier molecular flexibility index (Phi) is 3.32. The fourth-order valence-electron chi connectivity index (χ4n) is 1.42. The average molecular weight is 254 g/mol. The van der Waals surface area contributed by atoms with Crippen molar-refractivity contribution in [1.29, 1.82) is 0 Å². The molecule has 82 valence electrons. The summed E-state index contributed by atoms with van der Waals surface area (Å²) in [6.45, 7) is 0. The van der Waals surface area contributed by atoms with E-state index in [2.05, 4.69) is 4.98 Å². The van der Waals surface area contributed by atoms with Gasteiger partial charge in [-0.2, -0.15) is 0 Å². The SMILES string of the molecule is COc1ccnc(-c2c(Cl)cccc2Cl)c1. The summed E-state index contributed by atoms with van der Waals surface area (Å²) < 4.78 is 5.13. The normalized spacial score (nSPS) is 10.2. The number of ether oxygens (including phenoxy) is 1. The zero-order valence-corrected chi connectivity index (χ0v) is 10.1. The van der Waals surface area contributed by atoms with E-state index in [1.165, 1.54) is 0 Å². The maximum atomic E-state index is 6.09. The van der Waals surface area contributed by atoms with Crippen molar-refractivity contribution in [3.8, 4) is 17.0 Å². The molecule has 0 bridgehead atoms. The number of pyridine rings is 1. The lowest BCUT2D eigenvalue weighted by molar-refractivity contribution is 0.414. The third kappa shape index (κ3) is 2.13. The van der Waals surface area contributed by atoms with Gasteiger partial charge in [-0.1, -0.05) is 29.3 Å². The van der Waals surface area contributed by atoms with Crippen molar-refractivity contribution in [2.24, 2.45) is 0 Å². The number of hydrogen-bond acceptors (Lipinski definition) is 2. The first-order valence-corrected chi connectivity index (χ1v) is 5.42. The van der Waals surface area contributed by atoms with Gasteiger partial charge >= 0.3 is 0 Å². The highest BCUT2D eigenvalue weighted by Crippen LogP contribution is 2.34. The smallest absolute Gasteiger partial charge is 0.122 e. The highest BCUT2D eigenvalue weighted by atomic mass is 35.5. The zero-order valence-electron chi connectivity index (χ0n) is 8.58. The van der Waals surface area contributed by atoms with E-state index < -0.39 is 0 Å². The zero-order chi connectivity index (χ0) is 11.5. The molecule has 2 aromatic rings. The summed E-state index contributed by atoms with van der Waals surface area (Å²) in [4.78, 5) is 4.23. The third-order valence-corrected chi connectivity index (χ3v) is 2.82. The minimum absolute atomic E-state index is 0.577. The Bertz CT molecular complexity index is 494. The number of aromatic nitrogens is 1. The van der Waals surface area contributed by atoms with E-state index in [1.54, 1.807) is 43.6 Å².